The van der Waals surface area contributed by atoms with E-state index < -0.39 is 0 Å². The van der Waals surface area contributed by atoms with Gasteiger partial charge in [0.25, 0.3) is 0 Å². The number of hydrogen-bond acceptors (Lipinski definition) is 2. The van der Waals surface area contributed by atoms with Crippen molar-refractivity contribution in [3.63, 3.8) is 0 Å². The molecule has 0 aliphatic heterocycles. The molecule has 0 bridgehead atoms. The van der Waals surface area contributed by atoms with Gasteiger partial charge in [-0.25, -0.2) is 0 Å². The molecule has 84 valence electrons. The number of rotatable bonds is 5. The lowest BCUT2D eigenvalue weighted by Crippen LogP contribution is -2.23. The lowest BCUT2D eigenvalue weighted by Gasteiger charge is -2.16. The summed E-state index contributed by atoms with van der Waals surface area (Å²) in [5.41, 5.74) is 2.65. The maximum atomic E-state index is 9.15. The van der Waals surface area contributed by atoms with Gasteiger partial charge in [-0.05, 0) is 44.9 Å². The van der Waals surface area contributed by atoms with E-state index >= 15 is 0 Å². The molecule has 1 aromatic rings. The first-order chi connectivity index (χ1) is 7.11. The van der Waals surface area contributed by atoms with Crippen LogP contribution in [0.2, 0.25) is 0 Å². The van der Waals surface area contributed by atoms with Gasteiger partial charge in [-0.3, -0.25) is 0 Å². The highest BCUT2D eigenvalue weighted by atomic mass is 16.3. The zero-order chi connectivity index (χ0) is 11.3. The molecule has 0 unspecified atom stereocenters. The van der Waals surface area contributed by atoms with Gasteiger partial charge in [0, 0.05) is 6.04 Å². The summed E-state index contributed by atoms with van der Waals surface area (Å²) in [7, 11) is 0. The zero-order valence-corrected chi connectivity index (χ0v) is 9.83. The predicted molar refractivity (Wildman–Crippen MR) is 63.9 cm³/mol. The first-order valence-corrected chi connectivity index (χ1v) is 5.58. The van der Waals surface area contributed by atoms with Crippen LogP contribution in [0, 0.1) is 6.92 Å². The summed E-state index contributed by atoms with van der Waals surface area (Å²) in [5.74, 6) is 0. The highest BCUT2D eigenvalue weighted by Gasteiger charge is 2.06. The molecule has 2 nitrogen and oxygen atoms in total. The number of benzene rings is 1. The summed E-state index contributed by atoms with van der Waals surface area (Å²) in [6, 6.07) is 8.75. The van der Waals surface area contributed by atoms with Crippen LogP contribution in [0.15, 0.2) is 24.3 Å². The first kappa shape index (κ1) is 12.2. The van der Waals surface area contributed by atoms with Crippen LogP contribution in [-0.4, -0.2) is 17.8 Å². The fourth-order valence-electron chi connectivity index (χ4n) is 1.69. The monoisotopic (exact) mass is 207 g/mol. The van der Waals surface area contributed by atoms with Crippen molar-refractivity contribution in [1.82, 2.24) is 5.32 Å². The summed E-state index contributed by atoms with van der Waals surface area (Å²) in [5, 5.41) is 12.6. The number of aliphatic hydroxyl groups is 1. The van der Waals surface area contributed by atoms with Gasteiger partial charge < -0.3 is 10.4 Å². The van der Waals surface area contributed by atoms with E-state index in [9.17, 15) is 0 Å². The summed E-state index contributed by atoms with van der Waals surface area (Å²) in [6.07, 6.45) is 0.581. The molecular weight excluding hydrogens is 186 g/mol. The minimum absolute atomic E-state index is 0.221. The molecule has 0 heterocycles. The van der Waals surface area contributed by atoms with Gasteiger partial charge in [0.2, 0.25) is 0 Å². The van der Waals surface area contributed by atoms with E-state index in [1.165, 1.54) is 11.1 Å². The Kier molecular flexibility index (Phi) is 4.79. The molecule has 0 aliphatic rings. The number of aliphatic hydroxyl groups excluding tert-OH is 1. The van der Waals surface area contributed by atoms with Crippen molar-refractivity contribution in [3.8, 4) is 0 Å². The smallest absolute Gasteiger partial charge is 0.0524 e. The molecular formula is C13H21NO. The molecule has 2 N–H and O–H groups in total. The zero-order valence-electron chi connectivity index (χ0n) is 9.83. The fraction of sp³-hybridized carbons (Fsp3) is 0.538. The Bertz CT molecular complexity index is 296. The number of hydrogen-bond donors (Lipinski definition) is 2. The van der Waals surface area contributed by atoms with Crippen LogP contribution in [0.3, 0.4) is 0 Å². The van der Waals surface area contributed by atoms with Crippen LogP contribution in [0.25, 0.3) is 0 Å². The molecule has 0 aromatic heterocycles. The molecule has 0 amide bonds. The van der Waals surface area contributed by atoms with E-state index in [-0.39, 0.29) is 6.10 Å². The van der Waals surface area contributed by atoms with E-state index in [4.69, 9.17) is 5.11 Å². The summed E-state index contributed by atoms with van der Waals surface area (Å²) in [6.45, 7) is 6.96. The Morgan fingerprint density at radius 1 is 1.27 bits per heavy atom. The van der Waals surface area contributed by atoms with Crippen molar-refractivity contribution in [2.75, 3.05) is 6.54 Å². The van der Waals surface area contributed by atoms with Crippen molar-refractivity contribution < 1.29 is 5.11 Å². The Morgan fingerprint density at radius 3 is 2.53 bits per heavy atom. The van der Waals surface area contributed by atoms with Crippen LogP contribution in [0.4, 0.5) is 0 Å². The molecule has 0 spiro atoms. The Hall–Kier alpha value is -0.860. The Morgan fingerprint density at radius 2 is 1.93 bits per heavy atom. The minimum atomic E-state index is -0.221. The average molecular weight is 207 g/mol. The second-order valence-corrected chi connectivity index (χ2v) is 4.17. The fourth-order valence-corrected chi connectivity index (χ4v) is 1.69. The normalized spacial score (nSPS) is 14.9. The summed E-state index contributed by atoms with van der Waals surface area (Å²) in [4.78, 5) is 0. The third-order valence-electron chi connectivity index (χ3n) is 2.67. The van der Waals surface area contributed by atoms with E-state index in [0.717, 1.165) is 13.0 Å². The quantitative estimate of drug-likeness (QED) is 0.777. The molecule has 2 heteroatoms. The average Bonchev–Trinajstić information content (AvgIpc) is 2.17. The lowest BCUT2D eigenvalue weighted by atomic mass is 10.0. The van der Waals surface area contributed by atoms with Crippen LogP contribution in [-0.2, 0) is 0 Å². The molecule has 1 rings (SSSR count). The molecule has 0 radical (unpaired) electrons. The van der Waals surface area contributed by atoms with E-state index in [0.29, 0.717) is 6.04 Å². The Balaban J connectivity index is 2.47. The van der Waals surface area contributed by atoms with Gasteiger partial charge in [0.05, 0.1) is 6.10 Å². The van der Waals surface area contributed by atoms with Gasteiger partial charge in [-0.1, -0.05) is 24.3 Å². The molecule has 0 fully saturated rings. The maximum absolute atomic E-state index is 9.15. The molecule has 0 saturated carbocycles. The van der Waals surface area contributed by atoms with Crippen molar-refractivity contribution in [1.29, 1.82) is 0 Å². The van der Waals surface area contributed by atoms with Crippen LogP contribution >= 0.6 is 0 Å². The topological polar surface area (TPSA) is 32.3 Å². The second kappa shape index (κ2) is 5.89. The minimum Gasteiger partial charge on any atom is -0.393 e. The SMILES string of the molecule is Cc1ccccc1[C@H](C)NCC[C@H](C)O. The molecule has 0 aliphatic carbocycles. The van der Waals surface area contributed by atoms with E-state index in [1.54, 1.807) is 0 Å². The van der Waals surface area contributed by atoms with Crippen LogP contribution in [0.5, 0.6) is 0 Å². The standard InChI is InChI=1S/C13H21NO/c1-10-6-4-5-7-13(10)12(3)14-9-8-11(2)15/h4-7,11-12,14-15H,8-9H2,1-3H3/t11-,12-/m0/s1. The van der Waals surface area contributed by atoms with Crippen LogP contribution in [0.1, 0.15) is 37.4 Å². The summed E-state index contributed by atoms with van der Waals surface area (Å²) < 4.78 is 0. The van der Waals surface area contributed by atoms with E-state index in [2.05, 4.69) is 43.4 Å². The molecule has 15 heavy (non-hydrogen) atoms. The molecule has 2 atom stereocenters. The van der Waals surface area contributed by atoms with Gasteiger partial charge in [0.1, 0.15) is 0 Å². The van der Waals surface area contributed by atoms with Crippen molar-refractivity contribution >= 4 is 0 Å². The Labute approximate surface area is 92.3 Å². The van der Waals surface area contributed by atoms with Gasteiger partial charge >= 0.3 is 0 Å². The lowest BCUT2D eigenvalue weighted by molar-refractivity contribution is 0.182. The number of aryl methyl sites for hydroxylation is 1. The van der Waals surface area contributed by atoms with Crippen molar-refractivity contribution in [3.05, 3.63) is 35.4 Å². The van der Waals surface area contributed by atoms with Crippen LogP contribution < -0.4 is 5.32 Å². The third-order valence-corrected chi connectivity index (χ3v) is 2.67. The predicted octanol–water partition coefficient (Wildman–Crippen LogP) is 2.42. The largest absolute Gasteiger partial charge is 0.393 e. The summed E-state index contributed by atoms with van der Waals surface area (Å²) >= 11 is 0. The van der Waals surface area contributed by atoms with E-state index in [1.807, 2.05) is 6.92 Å². The molecule has 0 saturated heterocycles. The number of nitrogens with one attached hydrogen (secondary N) is 1. The van der Waals surface area contributed by atoms with Crippen molar-refractivity contribution in [2.24, 2.45) is 0 Å². The first-order valence-electron chi connectivity index (χ1n) is 5.58. The highest BCUT2D eigenvalue weighted by molar-refractivity contribution is 5.28. The third kappa shape index (κ3) is 4.02. The van der Waals surface area contributed by atoms with Gasteiger partial charge in [-0.2, -0.15) is 0 Å². The molecule has 1 aromatic carbocycles. The van der Waals surface area contributed by atoms with Crippen molar-refractivity contribution in [2.45, 2.75) is 39.3 Å². The van der Waals surface area contributed by atoms with Gasteiger partial charge in [-0.15, -0.1) is 0 Å². The van der Waals surface area contributed by atoms with Gasteiger partial charge in [0.15, 0.2) is 0 Å². The maximum Gasteiger partial charge on any atom is 0.0524 e. The highest BCUT2D eigenvalue weighted by Crippen LogP contribution is 2.16. The second-order valence-electron chi connectivity index (χ2n) is 4.17.